The highest BCUT2D eigenvalue weighted by molar-refractivity contribution is 5.61. The van der Waals surface area contributed by atoms with Crippen LogP contribution in [0.25, 0.3) is 0 Å². The van der Waals surface area contributed by atoms with Crippen LogP contribution in [0.2, 0.25) is 0 Å². The molecule has 1 aliphatic carbocycles. The van der Waals surface area contributed by atoms with Crippen LogP contribution in [0.1, 0.15) is 20.3 Å². The Morgan fingerprint density at radius 2 is 2.18 bits per heavy atom. The van der Waals surface area contributed by atoms with E-state index in [0.29, 0.717) is 11.6 Å². The number of anilines is 2. The number of nitrogens with one attached hydrogen (secondary N) is 2. The minimum atomic E-state index is -0.413. The van der Waals surface area contributed by atoms with Gasteiger partial charge in [0, 0.05) is 19.2 Å². The van der Waals surface area contributed by atoms with E-state index in [0.717, 1.165) is 6.42 Å². The van der Waals surface area contributed by atoms with Gasteiger partial charge in [-0.15, -0.1) is 0 Å². The molecule has 6 nitrogen and oxygen atoms in total. The summed E-state index contributed by atoms with van der Waals surface area (Å²) in [5.74, 6) is 0.967. The van der Waals surface area contributed by atoms with Gasteiger partial charge in [0.1, 0.15) is 5.82 Å². The van der Waals surface area contributed by atoms with E-state index in [1.54, 1.807) is 13.1 Å². The summed E-state index contributed by atoms with van der Waals surface area (Å²) >= 11 is 0. The molecule has 1 aliphatic rings. The zero-order valence-electron chi connectivity index (χ0n) is 10.2. The Hall–Kier alpha value is -1.85. The van der Waals surface area contributed by atoms with Crippen molar-refractivity contribution in [2.24, 2.45) is 5.41 Å². The number of rotatable bonds is 4. The van der Waals surface area contributed by atoms with Crippen molar-refractivity contribution in [1.82, 2.24) is 4.98 Å². The zero-order chi connectivity index (χ0) is 12.6. The molecule has 0 spiro atoms. The fourth-order valence-electron chi connectivity index (χ4n) is 1.72. The highest BCUT2D eigenvalue weighted by Gasteiger charge is 2.46. The lowest BCUT2D eigenvalue weighted by atomic mass is 10.2. The molecule has 1 heterocycles. The third kappa shape index (κ3) is 2.30. The number of pyridine rings is 1. The minimum absolute atomic E-state index is 0.0201. The molecule has 1 unspecified atom stereocenters. The predicted molar refractivity (Wildman–Crippen MR) is 66.2 cm³/mol. The Morgan fingerprint density at radius 3 is 2.65 bits per heavy atom. The van der Waals surface area contributed by atoms with Gasteiger partial charge in [0.25, 0.3) is 0 Å². The molecule has 0 aromatic carbocycles. The quantitative estimate of drug-likeness (QED) is 0.619. The second kappa shape index (κ2) is 3.87. The van der Waals surface area contributed by atoms with Crippen molar-refractivity contribution in [1.29, 1.82) is 0 Å². The molecule has 1 aromatic rings. The van der Waals surface area contributed by atoms with Crippen LogP contribution in [0.5, 0.6) is 0 Å². The number of nitrogens with zero attached hydrogens (tertiary/aromatic N) is 2. The fourth-order valence-corrected chi connectivity index (χ4v) is 1.72. The Kier molecular flexibility index (Phi) is 2.65. The van der Waals surface area contributed by atoms with Crippen molar-refractivity contribution in [2.45, 2.75) is 26.3 Å². The SMILES string of the molecule is CNc1ccc([N+](=O)[O-])c(NC2CC2(C)C)n1. The molecule has 0 saturated heterocycles. The first-order chi connectivity index (χ1) is 7.94. The summed E-state index contributed by atoms with van der Waals surface area (Å²) in [5, 5.41) is 16.9. The molecule has 0 bridgehead atoms. The third-order valence-corrected chi connectivity index (χ3v) is 3.15. The first kappa shape index (κ1) is 11.6. The summed E-state index contributed by atoms with van der Waals surface area (Å²) in [4.78, 5) is 14.7. The van der Waals surface area contributed by atoms with Gasteiger partial charge < -0.3 is 10.6 Å². The number of hydrogen-bond donors (Lipinski definition) is 2. The van der Waals surface area contributed by atoms with E-state index < -0.39 is 4.92 Å². The van der Waals surface area contributed by atoms with E-state index in [4.69, 9.17) is 0 Å². The van der Waals surface area contributed by atoms with Crippen molar-refractivity contribution in [3.63, 3.8) is 0 Å². The van der Waals surface area contributed by atoms with Crippen molar-refractivity contribution in [2.75, 3.05) is 17.7 Å². The summed E-state index contributed by atoms with van der Waals surface area (Å²) < 4.78 is 0. The molecule has 6 heteroatoms. The number of aromatic nitrogens is 1. The molecule has 0 aliphatic heterocycles. The number of hydrogen-bond acceptors (Lipinski definition) is 5. The van der Waals surface area contributed by atoms with Gasteiger partial charge in [0.05, 0.1) is 4.92 Å². The second-order valence-corrected chi connectivity index (χ2v) is 4.96. The number of nitro groups is 1. The van der Waals surface area contributed by atoms with E-state index in [-0.39, 0.29) is 17.1 Å². The largest absolute Gasteiger partial charge is 0.373 e. The average molecular weight is 236 g/mol. The normalized spacial score (nSPS) is 20.8. The Balaban J connectivity index is 2.26. The van der Waals surface area contributed by atoms with Gasteiger partial charge in [-0.1, -0.05) is 13.8 Å². The summed E-state index contributed by atoms with van der Waals surface area (Å²) in [6, 6.07) is 3.33. The highest BCUT2D eigenvalue weighted by atomic mass is 16.6. The molecular weight excluding hydrogens is 220 g/mol. The standard InChI is InChI=1S/C11H16N4O2/c1-11(2)6-8(11)13-10-7(15(16)17)4-5-9(12-3)14-10/h4-5,8H,6H2,1-3H3,(H2,12,13,14). The van der Waals surface area contributed by atoms with Gasteiger partial charge in [-0.3, -0.25) is 10.1 Å². The van der Waals surface area contributed by atoms with Crippen LogP contribution >= 0.6 is 0 Å². The van der Waals surface area contributed by atoms with Crippen LogP contribution in [-0.4, -0.2) is 23.0 Å². The summed E-state index contributed by atoms with van der Waals surface area (Å²) in [6.07, 6.45) is 1.01. The second-order valence-electron chi connectivity index (χ2n) is 4.96. The van der Waals surface area contributed by atoms with Crippen LogP contribution < -0.4 is 10.6 Å². The summed E-state index contributed by atoms with van der Waals surface area (Å²) in [7, 11) is 1.74. The Morgan fingerprint density at radius 1 is 1.53 bits per heavy atom. The van der Waals surface area contributed by atoms with E-state index in [2.05, 4.69) is 29.5 Å². The van der Waals surface area contributed by atoms with E-state index in [1.165, 1.54) is 6.07 Å². The van der Waals surface area contributed by atoms with Gasteiger partial charge >= 0.3 is 5.69 Å². The molecule has 2 rings (SSSR count). The third-order valence-electron chi connectivity index (χ3n) is 3.15. The van der Waals surface area contributed by atoms with Gasteiger partial charge in [-0.05, 0) is 17.9 Å². The maximum atomic E-state index is 10.9. The van der Waals surface area contributed by atoms with E-state index >= 15 is 0 Å². The Labute approximate surface area is 99.6 Å². The molecular formula is C11H16N4O2. The molecule has 0 amide bonds. The van der Waals surface area contributed by atoms with Gasteiger partial charge in [-0.25, -0.2) is 4.98 Å². The van der Waals surface area contributed by atoms with Crippen molar-refractivity contribution >= 4 is 17.3 Å². The Bertz CT molecular complexity index is 459. The maximum absolute atomic E-state index is 10.9. The zero-order valence-corrected chi connectivity index (χ0v) is 10.2. The molecule has 92 valence electrons. The maximum Gasteiger partial charge on any atom is 0.311 e. The smallest absolute Gasteiger partial charge is 0.311 e. The van der Waals surface area contributed by atoms with Crippen molar-refractivity contribution in [3.8, 4) is 0 Å². The fraction of sp³-hybridized carbons (Fsp3) is 0.545. The van der Waals surface area contributed by atoms with Crippen LogP contribution in [0.3, 0.4) is 0 Å². The lowest BCUT2D eigenvalue weighted by Gasteiger charge is -2.09. The first-order valence-electron chi connectivity index (χ1n) is 5.54. The summed E-state index contributed by atoms with van der Waals surface area (Å²) in [5.41, 5.74) is 0.220. The highest BCUT2D eigenvalue weighted by Crippen LogP contribution is 2.47. The van der Waals surface area contributed by atoms with Crippen LogP contribution in [0.15, 0.2) is 12.1 Å². The van der Waals surface area contributed by atoms with E-state index in [9.17, 15) is 10.1 Å². The minimum Gasteiger partial charge on any atom is -0.373 e. The average Bonchev–Trinajstić information content (AvgIpc) is 2.85. The van der Waals surface area contributed by atoms with Gasteiger partial charge in [-0.2, -0.15) is 0 Å². The molecule has 1 atom stereocenters. The molecule has 1 fully saturated rings. The lowest BCUT2D eigenvalue weighted by Crippen LogP contribution is -2.12. The molecule has 1 saturated carbocycles. The first-order valence-corrected chi connectivity index (χ1v) is 5.54. The monoisotopic (exact) mass is 236 g/mol. The van der Waals surface area contributed by atoms with Crippen molar-refractivity contribution in [3.05, 3.63) is 22.2 Å². The van der Waals surface area contributed by atoms with Gasteiger partial charge in [0.15, 0.2) is 0 Å². The van der Waals surface area contributed by atoms with Crippen molar-refractivity contribution < 1.29 is 4.92 Å². The van der Waals surface area contributed by atoms with E-state index in [1.807, 2.05) is 0 Å². The molecule has 1 aromatic heterocycles. The predicted octanol–water partition coefficient (Wildman–Crippen LogP) is 2.24. The topological polar surface area (TPSA) is 80.1 Å². The van der Waals surface area contributed by atoms with Crippen LogP contribution in [0, 0.1) is 15.5 Å². The van der Waals surface area contributed by atoms with Crippen LogP contribution in [-0.2, 0) is 0 Å². The molecule has 2 N–H and O–H groups in total. The molecule has 0 radical (unpaired) electrons. The molecule has 17 heavy (non-hydrogen) atoms. The summed E-state index contributed by atoms with van der Waals surface area (Å²) in [6.45, 7) is 4.25. The van der Waals surface area contributed by atoms with Crippen LogP contribution in [0.4, 0.5) is 17.3 Å². The van der Waals surface area contributed by atoms with Gasteiger partial charge in [0.2, 0.25) is 5.82 Å². The lowest BCUT2D eigenvalue weighted by molar-refractivity contribution is -0.384.